The monoisotopic (exact) mass is 421 g/mol. The van der Waals surface area contributed by atoms with Crippen LogP contribution in [0.5, 0.6) is 0 Å². The van der Waals surface area contributed by atoms with Gasteiger partial charge in [0.25, 0.3) is 0 Å². The first-order valence-corrected chi connectivity index (χ1v) is 10.8. The molecule has 5 heteroatoms. The van der Waals surface area contributed by atoms with Crippen LogP contribution in [0.4, 0.5) is 0 Å². The first kappa shape index (κ1) is 21.6. The summed E-state index contributed by atoms with van der Waals surface area (Å²) in [7, 11) is 1.39. The third-order valence-corrected chi connectivity index (χ3v) is 6.56. The second-order valence-corrected chi connectivity index (χ2v) is 10.0. The highest BCUT2D eigenvalue weighted by Gasteiger charge is 2.69. The zero-order valence-corrected chi connectivity index (χ0v) is 18.8. The zero-order chi connectivity index (χ0) is 22.3. The summed E-state index contributed by atoms with van der Waals surface area (Å²) < 4.78 is 11.3. The van der Waals surface area contributed by atoms with Crippen LogP contribution in [-0.2, 0) is 31.9 Å². The van der Waals surface area contributed by atoms with Crippen LogP contribution in [-0.4, -0.2) is 42.3 Å². The van der Waals surface area contributed by atoms with Crippen LogP contribution in [0.25, 0.3) is 0 Å². The SMILES string of the molecule is COC(=O)[C@@]12CO[C@@H](C(C)(C)C)N1C(=O)C(Cc1ccccc1)(Cc1ccccc1)C2. The molecule has 0 bridgehead atoms. The first-order chi connectivity index (χ1) is 14.7. The third kappa shape index (κ3) is 3.65. The van der Waals surface area contributed by atoms with E-state index in [1.54, 1.807) is 4.90 Å². The Kier molecular flexibility index (Phi) is 5.42. The summed E-state index contributed by atoms with van der Waals surface area (Å²) >= 11 is 0. The quantitative estimate of drug-likeness (QED) is 0.685. The van der Waals surface area contributed by atoms with Crippen molar-refractivity contribution in [1.29, 1.82) is 0 Å². The van der Waals surface area contributed by atoms with Crippen molar-refractivity contribution in [2.45, 2.75) is 51.8 Å². The minimum absolute atomic E-state index is 0.0250. The number of ether oxygens (including phenoxy) is 2. The van der Waals surface area contributed by atoms with Crippen molar-refractivity contribution in [2.24, 2.45) is 10.8 Å². The van der Waals surface area contributed by atoms with Gasteiger partial charge >= 0.3 is 5.97 Å². The van der Waals surface area contributed by atoms with Gasteiger partial charge in [-0.1, -0.05) is 81.4 Å². The molecule has 2 saturated heterocycles. The maximum absolute atomic E-state index is 14.2. The van der Waals surface area contributed by atoms with E-state index >= 15 is 0 Å². The van der Waals surface area contributed by atoms with E-state index < -0.39 is 23.2 Å². The molecule has 0 spiro atoms. The number of methoxy groups -OCH3 is 1. The largest absolute Gasteiger partial charge is 0.467 e. The van der Waals surface area contributed by atoms with Gasteiger partial charge in [0.2, 0.25) is 5.91 Å². The highest BCUT2D eigenvalue weighted by atomic mass is 16.6. The van der Waals surface area contributed by atoms with Gasteiger partial charge in [0.15, 0.2) is 5.54 Å². The van der Waals surface area contributed by atoms with E-state index in [9.17, 15) is 9.59 Å². The van der Waals surface area contributed by atoms with Gasteiger partial charge in [-0.2, -0.15) is 0 Å². The fourth-order valence-electron chi connectivity index (χ4n) is 5.28. The molecule has 0 unspecified atom stereocenters. The summed E-state index contributed by atoms with van der Waals surface area (Å²) in [6.45, 7) is 6.27. The molecular weight excluding hydrogens is 390 g/mol. The third-order valence-electron chi connectivity index (χ3n) is 6.56. The average molecular weight is 422 g/mol. The average Bonchev–Trinajstić information content (AvgIpc) is 3.23. The fourth-order valence-corrected chi connectivity index (χ4v) is 5.28. The van der Waals surface area contributed by atoms with Crippen molar-refractivity contribution in [2.75, 3.05) is 13.7 Å². The summed E-state index contributed by atoms with van der Waals surface area (Å²) in [5, 5.41) is 0. The normalized spacial score (nSPS) is 24.8. The van der Waals surface area contributed by atoms with E-state index in [1.807, 2.05) is 81.4 Å². The Balaban J connectivity index is 1.83. The van der Waals surface area contributed by atoms with Crippen molar-refractivity contribution < 1.29 is 19.1 Å². The number of nitrogens with zero attached hydrogens (tertiary/aromatic N) is 1. The molecule has 2 fully saturated rings. The molecule has 5 nitrogen and oxygen atoms in total. The molecule has 2 aromatic carbocycles. The maximum Gasteiger partial charge on any atom is 0.334 e. The highest BCUT2D eigenvalue weighted by Crippen LogP contribution is 2.53. The minimum Gasteiger partial charge on any atom is -0.467 e. The zero-order valence-electron chi connectivity index (χ0n) is 18.8. The molecule has 2 atom stereocenters. The van der Waals surface area contributed by atoms with Crippen molar-refractivity contribution in [3.8, 4) is 0 Å². The lowest BCUT2D eigenvalue weighted by Crippen LogP contribution is -2.55. The van der Waals surface area contributed by atoms with Gasteiger partial charge < -0.3 is 9.47 Å². The molecular formula is C26H31NO4. The van der Waals surface area contributed by atoms with Crippen molar-refractivity contribution in [1.82, 2.24) is 4.90 Å². The number of rotatable bonds is 5. The van der Waals surface area contributed by atoms with Gasteiger partial charge in [-0.05, 0) is 30.4 Å². The molecule has 0 aliphatic carbocycles. The Morgan fingerprint density at radius 2 is 1.55 bits per heavy atom. The van der Waals surface area contributed by atoms with Crippen LogP contribution in [0.3, 0.4) is 0 Å². The Morgan fingerprint density at radius 1 is 1.03 bits per heavy atom. The lowest BCUT2D eigenvalue weighted by molar-refractivity contribution is -0.159. The molecule has 0 N–H and O–H groups in total. The van der Waals surface area contributed by atoms with Crippen LogP contribution >= 0.6 is 0 Å². The summed E-state index contributed by atoms with van der Waals surface area (Å²) in [6, 6.07) is 20.1. The van der Waals surface area contributed by atoms with Crippen LogP contribution in [0.1, 0.15) is 38.3 Å². The Hall–Kier alpha value is -2.66. The van der Waals surface area contributed by atoms with E-state index in [4.69, 9.17) is 9.47 Å². The predicted octanol–water partition coefficient (Wildman–Crippen LogP) is 4.00. The van der Waals surface area contributed by atoms with E-state index in [-0.39, 0.29) is 17.9 Å². The van der Waals surface area contributed by atoms with E-state index in [0.29, 0.717) is 19.3 Å². The van der Waals surface area contributed by atoms with Gasteiger partial charge in [-0.3, -0.25) is 9.69 Å². The lowest BCUT2D eigenvalue weighted by Gasteiger charge is -2.37. The molecule has 2 aliphatic rings. The van der Waals surface area contributed by atoms with Crippen LogP contribution in [0, 0.1) is 10.8 Å². The van der Waals surface area contributed by atoms with Crippen molar-refractivity contribution in [3.05, 3.63) is 71.8 Å². The minimum atomic E-state index is -1.09. The van der Waals surface area contributed by atoms with Crippen LogP contribution < -0.4 is 0 Å². The molecule has 0 aromatic heterocycles. The summed E-state index contributed by atoms with van der Waals surface area (Å²) in [4.78, 5) is 29.1. The maximum atomic E-state index is 14.2. The molecule has 31 heavy (non-hydrogen) atoms. The topological polar surface area (TPSA) is 55.8 Å². The molecule has 0 radical (unpaired) electrons. The number of hydrogen-bond donors (Lipinski definition) is 0. The Morgan fingerprint density at radius 3 is 2.00 bits per heavy atom. The van der Waals surface area contributed by atoms with Crippen LogP contribution in [0.15, 0.2) is 60.7 Å². The number of amides is 1. The smallest absolute Gasteiger partial charge is 0.334 e. The highest BCUT2D eigenvalue weighted by molar-refractivity contribution is 5.96. The molecule has 1 amide bonds. The molecule has 2 aromatic rings. The summed E-state index contributed by atoms with van der Waals surface area (Å²) in [5.41, 5.74) is 0.000752. The molecule has 4 rings (SSSR count). The molecule has 2 heterocycles. The van der Waals surface area contributed by atoms with Gasteiger partial charge in [0, 0.05) is 5.41 Å². The van der Waals surface area contributed by atoms with Crippen molar-refractivity contribution in [3.63, 3.8) is 0 Å². The Bertz CT molecular complexity index is 909. The van der Waals surface area contributed by atoms with E-state index in [2.05, 4.69) is 0 Å². The molecule has 164 valence electrons. The van der Waals surface area contributed by atoms with Gasteiger partial charge in [0.05, 0.1) is 19.1 Å². The first-order valence-electron chi connectivity index (χ1n) is 10.8. The van der Waals surface area contributed by atoms with E-state index in [1.165, 1.54) is 7.11 Å². The number of hydrogen-bond acceptors (Lipinski definition) is 4. The fraction of sp³-hybridized carbons (Fsp3) is 0.462. The Labute approximate surface area is 184 Å². The second-order valence-electron chi connectivity index (χ2n) is 10.0. The molecule has 0 saturated carbocycles. The lowest BCUT2D eigenvalue weighted by atomic mass is 9.72. The van der Waals surface area contributed by atoms with Gasteiger partial charge in [0.1, 0.15) is 6.23 Å². The van der Waals surface area contributed by atoms with Gasteiger partial charge in [-0.15, -0.1) is 0 Å². The summed E-state index contributed by atoms with van der Waals surface area (Å²) in [6.07, 6.45) is 1.02. The number of benzene rings is 2. The van der Waals surface area contributed by atoms with Gasteiger partial charge in [-0.25, -0.2) is 4.79 Å². The van der Waals surface area contributed by atoms with E-state index in [0.717, 1.165) is 11.1 Å². The number of carbonyl (C=O) groups is 2. The predicted molar refractivity (Wildman–Crippen MR) is 118 cm³/mol. The van der Waals surface area contributed by atoms with Crippen LogP contribution in [0.2, 0.25) is 0 Å². The number of carbonyl (C=O) groups excluding carboxylic acids is 2. The van der Waals surface area contributed by atoms with Crippen molar-refractivity contribution >= 4 is 11.9 Å². The number of esters is 1. The summed E-state index contributed by atoms with van der Waals surface area (Å²) in [5.74, 6) is -0.418. The number of fused-ring (bicyclic) bond motifs is 1. The standard InChI is InChI=1S/C26H31NO4/c1-24(2,3)22-27-21(28)25(15-19-11-7-5-8-12-19,16-20-13-9-6-10-14-20)17-26(27,18-31-22)23(29)30-4/h5-14,22H,15-18H2,1-4H3/t22-,26+/m0/s1. The second kappa shape index (κ2) is 7.79. The molecule has 2 aliphatic heterocycles.